The summed E-state index contributed by atoms with van der Waals surface area (Å²) in [5, 5.41) is 15.2. The smallest absolute Gasteiger partial charge is 0.266 e. The Balaban J connectivity index is 1.72. The predicted octanol–water partition coefficient (Wildman–Crippen LogP) is 5.57. The van der Waals surface area contributed by atoms with Crippen molar-refractivity contribution in [1.29, 1.82) is 5.26 Å². The third-order valence-electron chi connectivity index (χ3n) is 5.49. The third-order valence-corrected chi connectivity index (χ3v) is 5.49. The van der Waals surface area contributed by atoms with E-state index in [1.165, 1.54) is 6.08 Å². The van der Waals surface area contributed by atoms with Gasteiger partial charge in [0.25, 0.3) is 11.8 Å². The standard InChI is InChI=1S/C29H29N3O4/c1-5-35-27-16-22(15-23(17-30)29(34)32-25-8-6-7-20(3)21(25)4)11-14-26(27)36-18-28(33)31-24-12-9-19(2)10-13-24/h6-16H,5,18H2,1-4H3,(H,31,33)(H,32,34)/b23-15-. The molecule has 0 unspecified atom stereocenters. The summed E-state index contributed by atoms with van der Waals surface area (Å²) >= 11 is 0. The van der Waals surface area contributed by atoms with E-state index in [9.17, 15) is 14.9 Å². The lowest BCUT2D eigenvalue weighted by atomic mass is 10.1. The number of aryl methyl sites for hydroxylation is 2. The number of anilines is 2. The number of carbonyl (C=O) groups is 2. The Bertz CT molecular complexity index is 1320. The molecule has 0 saturated carbocycles. The van der Waals surface area contributed by atoms with E-state index in [1.54, 1.807) is 24.3 Å². The number of rotatable bonds is 9. The Hall–Kier alpha value is -4.57. The van der Waals surface area contributed by atoms with Crippen LogP contribution in [-0.4, -0.2) is 25.0 Å². The van der Waals surface area contributed by atoms with E-state index < -0.39 is 5.91 Å². The predicted molar refractivity (Wildman–Crippen MR) is 141 cm³/mol. The molecule has 0 aliphatic heterocycles. The molecule has 0 aliphatic carbocycles. The maximum atomic E-state index is 12.7. The molecular weight excluding hydrogens is 454 g/mol. The second-order valence-corrected chi connectivity index (χ2v) is 8.21. The first-order valence-corrected chi connectivity index (χ1v) is 11.6. The van der Waals surface area contributed by atoms with Crippen LogP contribution in [0.1, 0.15) is 29.2 Å². The van der Waals surface area contributed by atoms with Gasteiger partial charge >= 0.3 is 0 Å². The maximum Gasteiger partial charge on any atom is 0.266 e. The van der Waals surface area contributed by atoms with Gasteiger partial charge in [-0.3, -0.25) is 9.59 Å². The highest BCUT2D eigenvalue weighted by molar-refractivity contribution is 6.10. The van der Waals surface area contributed by atoms with Crippen LogP contribution in [-0.2, 0) is 9.59 Å². The van der Waals surface area contributed by atoms with Crippen molar-refractivity contribution in [3.8, 4) is 17.6 Å². The molecule has 3 aromatic carbocycles. The van der Waals surface area contributed by atoms with E-state index in [1.807, 2.05) is 70.2 Å². The van der Waals surface area contributed by atoms with Gasteiger partial charge in [0.15, 0.2) is 18.1 Å². The van der Waals surface area contributed by atoms with Crippen LogP contribution in [0.4, 0.5) is 11.4 Å². The summed E-state index contributed by atoms with van der Waals surface area (Å²) in [6.07, 6.45) is 1.48. The third kappa shape index (κ3) is 6.97. The minimum absolute atomic E-state index is 0.0514. The molecule has 2 N–H and O–H groups in total. The summed E-state index contributed by atoms with van der Waals surface area (Å²) in [5.41, 5.74) is 4.95. The molecule has 0 spiro atoms. The number of carbonyl (C=O) groups excluding carboxylic acids is 2. The van der Waals surface area contributed by atoms with E-state index in [4.69, 9.17) is 9.47 Å². The number of hydrogen-bond donors (Lipinski definition) is 2. The number of amides is 2. The summed E-state index contributed by atoms with van der Waals surface area (Å²) < 4.78 is 11.4. The van der Waals surface area contributed by atoms with E-state index in [0.29, 0.717) is 35.0 Å². The van der Waals surface area contributed by atoms with Crippen molar-refractivity contribution in [2.75, 3.05) is 23.8 Å². The van der Waals surface area contributed by atoms with Crippen molar-refractivity contribution in [1.82, 2.24) is 0 Å². The molecule has 0 bridgehead atoms. The van der Waals surface area contributed by atoms with Gasteiger partial charge in [-0.25, -0.2) is 0 Å². The Morgan fingerprint density at radius 3 is 2.39 bits per heavy atom. The molecule has 0 fully saturated rings. The lowest BCUT2D eigenvalue weighted by Crippen LogP contribution is -2.20. The van der Waals surface area contributed by atoms with Gasteiger partial charge in [-0.2, -0.15) is 5.26 Å². The van der Waals surface area contributed by atoms with Gasteiger partial charge in [-0.15, -0.1) is 0 Å². The van der Waals surface area contributed by atoms with E-state index in [-0.39, 0.29) is 18.1 Å². The fourth-order valence-electron chi connectivity index (χ4n) is 3.37. The highest BCUT2D eigenvalue weighted by Gasteiger charge is 2.14. The van der Waals surface area contributed by atoms with Crippen LogP contribution in [0.2, 0.25) is 0 Å². The Kier molecular flexibility index (Phi) is 8.84. The number of nitriles is 1. The van der Waals surface area contributed by atoms with Crippen LogP contribution in [0.25, 0.3) is 6.08 Å². The molecule has 3 aromatic rings. The van der Waals surface area contributed by atoms with Crippen molar-refractivity contribution in [3.05, 3.63) is 88.5 Å². The van der Waals surface area contributed by atoms with Crippen molar-refractivity contribution in [2.45, 2.75) is 27.7 Å². The SMILES string of the molecule is CCOc1cc(/C=C(/C#N)C(=O)Nc2cccc(C)c2C)ccc1OCC(=O)Nc1ccc(C)cc1. The summed E-state index contributed by atoms with van der Waals surface area (Å²) in [7, 11) is 0. The van der Waals surface area contributed by atoms with Crippen LogP contribution in [0.15, 0.2) is 66.2 Å². The molecule has 7 heteroatoms. The zero-order valence-corrected chi connectivity index (χ0v) is 20.8. The Morgan fingerprint density at radius 1 is 0.944 bits per heavy atom. The number of benzene rings is 3. The molecule has 0 aliphatic rings. The minimum Gasteiger partial charge on any atom is -0.490 e. The van der Waals surface area contributed by atoms with Crippen LogP contribution in [0, 0.1) is 32.1 Å². The first-order valence-electron chi connectivity index (χ1n) is 11.6. The number of ether oxygens (including phenoxy) is 2. The molecule has 3 rings (SSSR count). The fraction of sp³-hybridized carbons (Fsp3) is 0.207. The molecule has 0 heterocycles. The Labute approximate surface area is 211 Å². The number of nitrogens with one attached hydrogen (secondary N) is 2. The zero-order chi connectivity index (χ0) is 26.1. The molecule has 0 saturated heterocycles. The van der Waals surface area contributed by atoms with Crippen LogP contribution in [0.5, 0.6) is 11.5 Å². The van der Waals surface area contributed by atoms with Crippen LogP contribution >= 0.6 is 0 Å². The Morgan fingerprint density at radius 2 is 1.69 bits per heavy atom. The summed E-state index contributed by atoms with van der Waals surface area (Å²) in [5.74, 6) is -0.0227. The van der Waals surface area contributed by atoms with Gasteiger partial charge in [0.1, 0.15) is 11.6 Å². The molecule has 184 valence electrons. The monoisotopic (exact) mass is 483 g/mol. The van der Waals surface area contributed by atoms with Gasteiger partial charge in [-0.1, -0.05) is 35.9 Å². The van der Waals surface area contributed by atoms with Crippen molar-refractivity contribution in [2.24, 2.45) is 0 Å². The van der Waals surface area contributed by atoms with Crippen LogP contribution in [0.3, 0.4) is 0 Å². The fourth-order valence-corrected chi connectivity index (χ4v) is 3.37. The lowest BCUT2D eigenvalue weighted by Gasteiger charge is -2.13. The molecule has 2 amide bonds. The molecular formula is C29H29N3O4. The molecule has 36 heavy (non-hydrogen) atoms. The number of hydrogen-bond acceptors (Lipinski definition) is 5. The molecule has 0 aromatic heterocycles. The van der Waals surface area contributed by atoms with Gasteiger partial charge in [0, 0.05) is 11.4 Å². The van der Waals surface area contributed by atoms with Gasteiger partial charge in [0.05, 0.1) is 6.61 Å². The summed E-state index contributed by atoms with van der Waals surface area (Å²) in [4.78, 5) is 25.0. The average molecular weight is 484 g/mol. The van der Waals surface area contributed by atoms with Gasteiger partial charge in [-0.05, 0) is 80.8 Å². The average Bonchev–Trinajstić information content (AvgIpc) is 2.86. The normalized spacial score (nSPS) is 10.8. The first-order chi connectivity index (χ1) is 17.3. The van der Waals surface area contributed by atoms with Crippen molar-refractivity contribution in [3.63, 3.8) is 0 Å². The van der Waals surface area contributed by atoms with Gasteiger partial charge in [0.2, 0.25) is 0 Å². The van der Waals surface area contributed by atoms with Crippen molar-refractivity contribution < 1.29 is 19.1 Å². The summed E-state index contributed by atoms with van der Waals surface area (Å²) in [6.45, 7) is 7.84. The van der Waals surface area contributed by atoms with Gasteiger partial charge < -0.3 is 20.1 Å². The highest BCUT2D eigenvalue weighted by Crippen LogP contribution is 2.30. The number of nitrogens with zero attached hydrogens (tertiary/aromatic N) is 1. The molecule has 7 nitrogen and oxygen atoms in total. The largest absolute Gasteiger partial charge is 0.490 e. The quantitative estimate of drug-likeness (QED) is 0.306. The lowest BCUT2D eigenvalue weighted by molar-refractivity contribution is -0.118. The summed E-state index contributed by atoms with van der Waals surface area (Å²) in [6, 6.07) is 20.0. The molecule has 0 radical (unpaired) electrons. The maximum absolute atomic E-state index is 12.7. The zero-order valence-electron chi connectivity index (χ0n) is 20.8. The minimum atomic E-state index is -0.503. The highest BCUT2D eigenvalue weighted by atomic mass is 16.5. The topological polar surface area (TPSA) is 100 Å². The van der Waals surface area contributed by atoms with Crippen molar-refractivity contribution >= 4 is 29.3 Å². The van der Waals surface area contributed by atoms with E-state index in [2.05, 4.69) is 10.6 Å². The second kappa shape index (κ2) is 12.2. The van der Waals surface area contributed by atoms with Crippen LogP contribution < -0.4 is 20.1 Å². The second-order valence-electron chi connectivity index (χ2n) is 8.21. The molecule has 0 atom stereocenters. The van der Waals surface area contributed by atoms with E-state index in [0.717, 1.165) is 16.7 Å². The van der Waals surface area contributed by atoms with E-state index >= 15 is 0 Å². The first kappa shape index (κ1) is 26.0.